The Morgan fingerprint density at radius 3 is 2.43 bits per heavy atom. The molecule has 0 aliphatic heterocycles. The second-order valence-corrected chi connectivity index (χ2v) is 6.09. The van der Waals surface area contributed by atoms with Crippen LogP contribution in [0, 0.1) is 6.92 Å². The van der Waals surface area contributed by atoms with E-state index >= 15 is 0 Å². The van der Waals surface area contributed by atoms with E-state index in [-0.39, 0.29) is 0 Å². The smallest absolute Gasteiger partial charge is 0.338 e. The number of carboxylic acids is 1. The van der Waals surface area contributed by atoms with Crippen LogP contribution in [-0.2, 0) is 0 Å². The highest BCUT2D eigenvalue weighted by Crippen LogP contribution is 2.33. The Bertz CT molecular complexity index is 638. The van der Waals surface area contributed by atoms with Gasteiger partial charge >= 0.3 is 5.97 Å². The highest BCUT2D eigenvalue weighted by Gasteiger charge is 2.18. The lowest BCUT2D eigenvalue weighted by Gasteiger charge is -2.23. The molecular weight excluding hydrogens is 282 g/mol. The minimum Gasteiger partial charge on any atom is -0.478 e. The Balaban J connectivity index is 2.49. The molecule has 0 spiro atoms. The van der Waals surface area contributed by atoms with Gasteiger partial charge in [-0.3, -0.25) is 0 Å². The normalized spacial score (nSPS) is 10.4. The molecule has 0 fully saturated rings. The molecule has 0 aliphatic carbocycles. The fourth-order valence-electron chi connectivity index (χ4n) is 2.20. The first-order valence-electron chi connectivity index (χ1n) is 6.84. The third kappa shape index (κ3) is 3.39. The second kappa shape index (κ2) is 6.68. The summed E-state index contributed by atoms with van der Waals surface area (Å²) < 4.78 is 0. The molecule has 4 heteroatoms. The third-order valence-electron chi connectivity index (χ3n) is 3.30. The monoisotopic (exact) mass is 301 g/mol. The van der Waals surface area contributed by atoms with Crippen LogP contribution in [0.2, 0.25) is 0 Å². The largest absolute Gasteiger partial charge is 0.478 e. The van der Waals surface area contributed by atoms with Crippen LogP contribution in [-0.4, -0.2) is 23.9 Å². The van der Waals surface area contributed by atoms with Crippen molar-refractivity contribution in [1.82, 2.24) is 0 Å². The second-order valence-electron chi connectivity index (χ2n) is 4.78. The molecule has 0 unspecified atom stereocenters. The van der Waals surface area contributed by atoms with E-state index in [1.54, 1.807) is 11.8 Å². The number of nitrogens with zero attached hydrogens (tertiary/aromatic N) is 1. The van der Waals surface area contributed by atoms with Crippen LogP contribution >= 0.6 is 11.8 Å². The van der Waals surface area contributed by atoms with Crippen molar-refractivity contribution >= 4 is 29.1 Å². The van der Waals surface area contributed by atoms with Gasteiger partial charge in [0.25, 0.3) is 0 Å². The lowest BCUT2D eigenvalue weighted by Crippen LogP contribution is -2.14. The van der Waals surface area contributed by atoms with E-state index in [4.69, 9.17) is 0 Å². The first kappa shape index (κ1) is 15.4. The molecule has 0 saturated carbocycles. The van der Waals surface area contributed by atoms with E-state index < -0.39 is 5.97 Å². The average Bonchev–Trinajstić information content (AvgIpc) is 2.47. The number of carboxylic acid groups (broad SMARTS) is 1. The van der Waals surface area contributed by atoms with Crippen molar-refractivity contribution in [3.8, 4) is 0 Å². The van der Waals surface area contributed by atoms with Gasteiger partial charge in [0.15, 0.2) is 0 Å². The Labute approximate surface area is 129 Å². The van der Waals surface area contributed by atoms with Crippen molar-refractivity contribution in [2.45, 2.75) is 18.7 Å². The van der Waals surface area contributed by atoms with Gasteiger partial charge in [0.1, 0.15) is 0 Å². The van der Waals surface area contributed by atoms with Gasteiger partial charge in [0, 0.05) is 17.6 Å². The summed E-state index contributed by atoms with van der Waals surface area (Å²) in [7, 11) is 1.90. The quantitative estimate of drug-likeness (QED) is 0.821. The number of benzene rings is 2. The lowest BCUT2D eigenvalue weighted by molar-refractivity contribution is 0.0694. The molecule has 0 radical (unpaired) electrons. The summed E-state index contributed by atoms with van der Waals surface area (Å²) in [6.07, 6.45) is 0. The van der Waals surface area contributed by atoms with E-state index in [0.717, 1.165) is 16.3 Å². The molecule has 0 saturated heterocycles. The van der Waals surface area contributed by atoms with Gasteiger partial charge in [0.2, 0.25) is 0 Å². The van der Waals surface area contributed by atoms with Crippen molar-refractivity contribution in [2.75, 3.05) is 17.7 Å². The van der Waals surface area contributed by atoms with Crippen molar-refractivity contribution in [3.05, 3.63) is 53.6 Å². The van der Waals surface area contributed by atoms with E-state index in [1.165, 1.54) is 5.56 Å². The third-order valence-corrected chi connectivity index (χ3v) is 4.24. The van der Waals surface area contributed by atoms with E-state index in [9.17, 15) is 9.90 Å². The maximum Gasteiger partial charge on any atom is 0.338 e. The molecule has 0 bridgehead atoms. The predicted molar refractivity (Wildman–Crippen MR) is 89.0 cm³/mol. The van der Waals surface area contributed by atoms with Gasteiger partial charge < -0.3 is 10.0 Å². The Morgan fingerprint density at radius 2 is 1.86 bits per heavy atom. The van der Waals surface area contributed by atoms with Crippen LogP contribution in [0.5, 0.6) is 0 Å². The van der Waals surface area contributed by atoms with Crippen molar-refractivity contribution in [3.63, 3.8) is 0 Å². The molecule has 0 heterocycles. The van der Waals surface area contributed by atoms with Crippen LogP contribution in [0.1, 0.15) is 22.8 Å². The van der Waals surface area contributed by atoms with Crippen LogP contribution in [0.25, 0.3) is 0 Å². The highest BCUT2D eigenvalue weighted by atomic mass is 32.2. The van der Waals surface area contributed by atoms with Crippen LogP contribution < -0.4 is 4.90 Å². The Morgan fingerprint density at radius 1 is 1.19 bits per heavy atom. The standard InChI is InChI=1S/C17H19NO2S/c1-4-21-15-7-5-6-14(16(15)17(19)20)18(3)13-10-8-12(2)9-11-13/h5-11H,4H2,1-3H3,(H,19,20). The summed E-state index contributed by atoms with van der Waals surface area (Å²) in [5.41, 5.74) is 3.24. The number of anilines is 2. The van der Waals surface area contributed by atoms with E-state index in [0.29, 0.717) is 11.3 Å². The molecular formula is C17H19NO2S. The summed E-state index contributed by atoms with van der Waals surface area (Å²) in [6.45, 7) is 4.05. The molecule has 0 amide bonds. The first-order valence-corrected chi connectivity index (χ1v) is 7.82. The van der Waals surface area contributed by atoms with Gasteiger partial charge in [0.05, 0.1) is 11.3 Å². The molecule has 0 aromatic heterocycles. The van der Waals surface area contributed by atoms with E-state index in [2.05, 4.69) is 0 Å². The number of aryl methyl sites for hydroxylation is 1. The topological polar surface area (TPSA) is 40.5 Å². The molecule has 2 aromatic carbocycles. The number of aromatic carboxylic acids is 1. The highest BCUT2D eigenvalue weighted by molar-refractivity contribution is 7.99. The summed E-state index contributed by atoms with van der Waals surface area (Å²) >= 11 is 1.55. The van der Waals surface area contributed by atoms with Crippen LogP contribution in [0.4, 0.5) is 11.4 Å². The Hall–Kier alpha value is -1.94. The summed E-state index contributed by atoms with van der Waals surface area (Å²) in [5, 5.41) is 9.57. The van der Waals surface area contributed by atoms with Gasteiger partial charge in [-0.05, 0) is 36.9 Å². The zero-order valence-corrected chi connectivity index (χ0v) is 13.3. The summed E-state index contributed by atoms with van der Waals surface area (Å²) in [4.78, 5) is 14.4. The van der Waals surface area contributed by atoms with Gasteiger partial charge in [-0.1, -0.05) is 30.7 Å². The fraction of sp³-hybridized carbons (Fsp3) is 0.235. The molecule has 0 atom stereocenters. The van der Waals surface area contributed by atoms with Gasteiger partial charge in [-0.15, -0.1) is 11.8 Å². The number of hydrogen-bond donors (Lipinski definition) is 1. The molecule has 2 rings (SSSR count). The number of rotatable bonds is 5. The predicted octanol–water partition coefficient (Wildman–Crippen LogP) is 4.57. The number of hydrogen-bond acceptors (Lipinski definition) is 3. The van der Waals surface area contributed by atoms with Gasteiger partial charge in [-0.25, -0.2) is 4.79 Å². The van der Waals surface area contributed by atoms with Crippen molar-refractivity contribution in [1.29, 1.82) is 0 Å². The zero-order valence-electron chi connectivity index (χ0n) is 12.5. The fourth-order valence-corrected chi connectivity index (χ4v) is 3.02. The number of thioether (sulfide) groups is 1. The van der Waals surface area contributed by atoms with Crippen molar-refractivity contribution < 1.29 is 9.90 Å². The minimum atomic E-state index is -0.888. The molecule has 2 aromatic rings. The van der Waals surface area contributed by atoms with Gasteiger partial charge in [-0.2, -0.15) is 0 Å². The molecule has 21 heavy (non-hydrogen) atoms. The van der Waals surface area contributed by atoms with E-state index in [1.807, 2.05) is 68.3 Å². The average molecular weight is 301 g/mol. The Kier molecular flexibility index (Phi) is 4.91. The SMILES string of the molecule is CCSc1cccc(N(C)c2ccc(C)cc2)c1C(=O)O. The molecule has 3 nitrogen and oxygen atoms in total. The maximum absolute atomic E-state index is 11.7. The molecule has 110 valence electrons. The van der Waals surface area contributed by atoms with Crippen LogP contribution in [0.15, 0.2) is 47.4 Å². The minimum absolute atomic E-state index is 0.368. The lowest BCUT2D eigenvalue weighted by atomic mass is 10.1. The summed E-state index contributed by atoms with van der Waals surface area (Å²) in [5.74, 6) is -0.0432. The first-order chi connectivity index (χ1) is 10.0. The zero-order chi connectivity index (χ0) is 15.4. The summed E-state index contributed by atoms with van der Waals surface area (Å²) in [6, 6.07) is 13.7. The molecule has 1 N–H and O–H groups in total. The molecule has 0 aliphatic rings. The van der Waals surface area contributed by atoms with Crippen LogP contribution in [0.3, 0.4) is 0 Å². The maximum atomic E-state index is 11.7. The van der Waals surface area contributed by atoms with Crippen molar-refractivity contribution in [2.24, 2.45) is 0 Å². The number of carbonyl (C=O) groups is 1.